The van der Waals surface area contributed by atoms with Crippen LogP contribution < -0.4 is 10.2 Å². The average molecular weight is 376 g/mol. The molecule has 1 N–H and O–H groups in total. The van der Waals surface area contributed by atoms with E-state index in [1.165, 1.54) is 19.3 Å². The first kappa shape index (κ1) is 19.7. The molecule has 7 nitrogen and oxygen atoms in total. The zero-order chi connectivity index (χ0) is 19.2. The van der Waals surface area contributed by atoms with Crippen molar-refractivity contribution < 1.29 is 9.53 Å². The Morgan fingerprint density at radius 1 is 1.19 bits per heavy atom. The van der Waals surface area contributed by atoms with Crippen LogP contribution in [0.4, 0.5) is 16.6 Å². The van der Waals surface area contributed by atoms with Gasteiger partial charge in [0.05, 0.1) is 6.61 Å². The van der Waals surface area contributed by atoms with E-state index in [4.69, 9.17) is 9.72 Å². The molecule has 0 bridgehead atoms. The highest BCUT2D eigenvalue weighted by atomic mass is 16.6. The van der Waals surface area contributed by atoms with Crippen molar-refractivity contribution in [2.75, 3.05) is 36.5 Å². The minimum atomic E-state index is -0.208. The lowest BCUT2D eigenvalue weighted by Crippen LogP contribution is -2.43. The molecule has 0 radical (unpaired) electrons. The zero-order valence-corrected chi connectivity index (χ0v) is 16.9. The number of likely N-dealkylation sites (tertiary alicyclic amines) is 1. The number of nitrogens with one attached hydrogen (secondary N) is 1. The summed E-state index contributed by atoms with van der Waals surface area (Å²) in [6.45, 7) is 9.04. The van der Waals surface area contributed by atoms with E-state index in [2.05, 4.69) is 28.2 Å². The molecule has 2 aliphatic rings. The van der Waals surface area contributed by atoms with Gasteiger partial charge in [0.25, 0.3) is 0 Å². The number of hydrogen-bond donors (Lipinski definition) is 1. The molecule has 0 spiro atoms. The second-order valence-electron chi connectivity index (χ2n) is 7.55. The van der Waals surface area contributed by atoms with Gasteiger partial charge < -0.3 is 19.9 Å². The van der Waals surface area contributed by atoms with Crippen molar-refractivity contribution in [3.05, 3.63) is 11.8 Å². The Kier molecular flexibility index (Phi) is 6.74. The first-order chi connectivity index (χ1) is 13.1. The smallest absolute Gasteiger partial charge is 0.409 e. The second kappa shape index (κ2) is 9.24. The van der Waals surface area contributed by atoms with E-state index in [0.29, 0.717) is 31.7 Å². The van der Waals surface area contributed by atoms with Crippen molar-refractivity contribution in [2.24, 2.45) is 0 Å². The molecule has 1 aromatic rings. The Bertz CT molecular complexity index is 631. The molecule has 150 valence electrons. The Hall–Kier alpha value is -2.05. The van der Waals surface area contributed by atoms with Crippen molar-refractivity contribution in [1.82, 2.24) is 14.9 Å². The third-order valence-corrected chi connectivity index (χ3v) is 5.59. The molecule has 7 heteroatoms. The number of amides is 1. The highest BCUT2D eigenvalue weighted by Gasteiger charge is 2.25. The summed E-state index contributed by atoms with van der Waals surface area (Å²) in [4.78, 5) is 25.5. The number of nitrogens with zero attached hydrogens (tertiary/aromatic N) is 4. The quantitative estimate of drug-likeness (QED) is 0.848. The monoisotopic (exact) mass is 375 g/mol. The van der Waals surface area contributed by atoms with Crippen molar-refractivity contribution >= 4 is 17.9 Å². The van der Waals surface area contributed by atoms with Gasteiger partial charge in [0.2, 0.25) is 5.95 Å². The Morgan fingerprint density at radius 2 is 1.96 bits per heavy atom. The summed E-state index contributed by atoms with van der Waals surface area (Å²) in [5, 5.41) is 3.50. The van der Waals surface area contributed by atoms with Gasteiger partial charge in [0.1, 0.15) is 5.82 Å². The summed E-state index contributed by atoms with van der Waals surface area (Å²) in [7, 11) is 0. The average Bonchev–Trinajstić information content (AvgIpc) is 2.68. The molecular formula is C20H33N5O2. The lowest BCUT2D eigenvalue weighted by atomic mass is 10.00. The molecule has 2 aliphatic heterocycles. The summed E-state index contributed by atoms with van der Waals surface area (Å²) < 4.78 is 5.09. The van der Waals surface area contributed by atoms with Gasteiger partial charge in [-0.05, 0) is 52.4 Å². The van der Waals surface area contributed by atoms with E-state index in [1.807, 2.05) is 13.8 Å². The van der Waals surface area contributed by atoms with Gasteiger partial charge >= 0.3 is 6.09 Å². The molecule has 27 heavy (non-hydrogen) atoms. The summed E-state index contributed by atoms with van der Waals surface area (Å²) in [6, 6.07) is 2.96. The van der Waals surface area contributed by atoms with Crippen LogP contribution in [0.25, 0.3) is 0 Å². The van der Waals surface area contributed by atoms with Gasteiger partial charge in [0.15, 0.2) is 0 Å². The number of anilines is 2. The number of aromatic nitrogens is 2. The first-order valence-electron chi connectivity index (χ1n) is 10.4. The molecule has 1 amide bonds. The molecule has 0 aliphatic carbocycles. The number of ether oxygens (including phenoxy) is 1. The Labute approximate surface area is 162 Å². The van der Waals surface area contributed by atoms with Crippen molar-refractivity contribution in [3.8, 4) is 0 Å². The van der Waals surface area contributed by atoms with Crippen LogP contribution in [0.2, 0.25) is 0 Å². The van der Waals surface area contributed by atoms with Gasteiger partial charge in [-0.15, -0.1) is 0 Å². The minimum Gasteiger partial charge on any atom is -0.450 e. The maximum atomic E-state index is 11.8. The van der Waals surface area contributed by atoms with Crippen LogP contribution >= 0.6 is 0 Å². The molecule has 2 fully saturated rings. The first-order valence-corrected chi connectivity index (χ1v) is 10.4. The van der Waals surface area contributed by atoms with Crippen LogP contribution in [0.3, 0.4) is 0 Å². The lowest BCUT2D eigenvalue weighted by Gasteiger charge is -2.36. The molecule has 0 aromatic carbocycles. The van der Waals surface area contributed by atoms with Crippen molar-refractivity contribution in [3.63, 3.8) is 0 Å². The van der Waals surface area contributed by atoms with Crippen molar-refractivity contribution in [2.45, 2.75) is 71.4 Å². The van der Waals surface area contributed by atoms with E-state index in [9.17, 15) is 4.79 Å². The molecular weight excluding hydrogens is 342 g/mol. The predicted molar refractivity (Wildman–Crippen MR) is 107 cm³/mol. The Morgan fingerprint density at radius 3 is 2.67 bits per heavy atom. The van der Waals surface area contributed by atoms with Crippen LogP contribution in [0, 0.1) is 6.92 Å². The SMILES string of the molecule is CCOC(=O)N1CCC(Nc2nc(C)cc(N3CCCCC3CC)n2)CC1. The Balaban J connectivity index is 1.63. The number of aryl methyl sites for hydroxylation is 1. The van der Waals surface area contributed by atoms with E-state index in [0.717, 1.165) is 37.3 Å². The van der Waals surface area contributed by atoms with Crippen LogP contribution in [0.1, 0.15) is 58.1 Å². The second-order valence-corrected chi connectivity index (χ2v) is 7.55. The van der Waals surface area contributed by atoms with E-state index >= 15 is 0 Å². The fraction of sp³-hybridized carbons (Fsp3) is 0.750. The molecule has 1 unspecified atom stereocenters. The van der Waals surface area contributed by atoms with Crippen molar-refractivity contribution in [1.29, 1.82) is 0 Å². The van der Waals surface area contributed by atoms with Gasteiger partial charge in [-0.2, -0.15) is 4.98 Å². The summed E-state index contributed by atoms with van der Waals surface area (Å²) in [6.07, 6.45) is 6.49. The number of rotatable bonds is 5. The highest BCUT2D eigenvalue weighted by Crippen LogP contribution is 2.26. The van der Waals surface area contributed by atoms with Gasteiger partial charge in [-0.3, -0.25) is 0 Å². The van der Waals surface area contributed by atoms with Gasteiger partial charge in [-0.25, -0.2) is 9.78 Å². The molecule has 1 aromatic heterocycles. The number of piperidine rings is 2. The number of carbonyl (C=O) groups is 1. The third-order valence-electron chi connectivity index (χ3n) is 5.59. The summed E-state index contributed by atoms with van der Waals surface area (Å²) in [5.74, 6) is 1.75. The maximum Gasteiger partial charge on any atom is 0.409 e. The molecule has 2 saturated heterocycles. The van der Waals surface area contributed by atoms with E-state index in [-0.39, 0.29) is 12.1 Å². The largest absolute Gasteiger partial charge is 0.450 e. The molecule has 1 atom stereocenters. The topological polar surface area (TPSA) is 70.6 Å². The molecule has 0 saturated carbocycles. The van der Waals surface area contributed by atoms with Crippen LogP contribution in [0.5, 0.6) is 0 Å². The van der Waals surface area contributed by atoms with Crippen LogP contribution in [-0.2, 0) is 4.74 Å². The maximum absolute atomic E-state index is 11.8. The molecule has 3 rings (SSSR count). The fourth-order valence-electron chi connectivity index (χ4n) is 4.09. The summed E-state index contributed by atoms with van der Waals surface area (Å²) >= 11 is 0. The summed E-state index contributed by atoms with van der Waals surface area (Å²) in [5.41, 5.74) is 0.992. The number of carbonyl (C=O) groups excluding carboxylic acids is 1. The minimum absolute atomic E-state index is 0.208. The number of hydrogen-bond acceptors (Lipinski definition) is 6. The molecule has 3 heterocycles. The third kappa shape index (κ3) is 5.02. The zero-order valence-electron chi connectivity index (χ0n) is 16.9. The van der Waals surface area contributed by atoms with E-state index in [1.54, 1.807) is 4.90 Å². The lowest BCUT2D eigenvalue weighted by molar-refractivity contribution is 0.0983. The van der Waals surface area contributed by atoms with Gasteiger partial charge in [-0.1, -0.05) is 6.92 Å². The van der Waals surface area contributed by atoms with Gasteiger partial charge in [0, 0.05) is 43.5 Å². The van der Waals surface area contributed by atoms with E-state index < -0.39 is 0 Å². The highest BCUT2D eigenvalue weighted by molar-refractivity contribution is 5.67. The normalized spacial score (nSPS) is 21.2. The van der Waals surface area contributed by atoms with Crippen LogP contribution in [0.15, 0.2) is 6.07 Å². The van der Waals surface area contributed by atoms with Crippen LogP contribution in [-0.4, -0.2) is 59.3 Å². The standard InChI is InChI=1S/C20H33N5O2/c1-4-17-8-6-7-11-25(17)18-14-15(3)21-19(23-18)22-16-9-12-24(13-10-16)20(26)27-5-2/h14,16-17H,4-13H2,1-3H3,(H,21,22,23). The fourth-order valence-corrected chi connectivity index (χ4v) is 4.09. The predicted octanol–water partition coefficient (Wildman–Crippen LogP) is 3.59.